The number of fused-ring (bicyclic) bond motifs is 1. The second kappa shape index (κ2) is 19.0. The zero-order chi connectivity index (χ0) is 38.8. The third-order valence-electron chi connectivity index (χ3n) is 9.87. The lowest BCUT2D eigenvalue weighted by Crippen LogP contribution is -2.61. The molecule has 1 aromatic rings. The molecular weight excluding hydrogens is 711 g/mol. The Morgan fingerprint density at radius 1 is 1.02 bits per heavy atom. The molecule has 3 rings (SSSR count). The van der Waals surface area contributed by atoms with Crippen LogP contribution in [0.3, 0.4) is 0 Å². The molecule has 5 atom stereocenters. The Balaban J connectivity index is 1.90. The molecular formula is C35H57N7O8S2. The first kappa shape index (κ1) is 42.8. The van der Waals surface area contributed by atoms with Gasteiger partial charge in [0.05, 0.1) is 12.7 Å². The summed E-state index contributed by atoms with van der Waals surface area (Å²) in [5.41, 5.74) is 4.50. The van der Waals surface area contributed by atoms with Gasteiger partial charge in [-0.3, -0.25) is 24.0 Å². The number of amides is 6. The van der Waals surface area contributed by atoms with Crippen LogP contribution in [0.5, 0.6) is 0 Å². The van der Waals surface area contributed by atoms with Crippen molar-refractivity contribution >= 4 is 56.8 Å². The lowest BCUT2D eigenvalue weighted by Gasteiger charge is -2.35. The maximum Gasteiger partial charge on any atom is 0.316 e. The van der Waals surface area contributed by atoms with Gasteiger partial charge in [0.1, 0.15) is 22.3 Å². The van der Waals surface area contributed by atoms with Crippen molar-refractivity contribution < 1.29 is 37.2 Å². The number of ketones is 1. The van der Waals surface area contributed by atoms with Gasteiger partial charge in [0.2, 0.25) is 17.6 Å². The third kappa shape index (κ3) is 11.0. The van der Waals surface area contributed by atoms with E-state index in [1.54, 1.807) is 32.2 Å². The number of nitrogens with one attached hydrogen (secondary N) is 4. The van der Waals surface area contributed by atoms with Gasteiger partial charge in [-0.2, -0.15) is 0 Å². The molecule has 0 saturated carbocycles. The van der Waals surface area contributed by atoms with E-state index < -0.39 is 75.0 Å². The number of carbonyl (C=O) groups excluding carboxylic acids is 6. The number of nitrogens with zero attached hydrogens (tertiary/aromatic N) is 2. The first-order valence-corrected chi connectivity index (χ1v) is 20.5. The van der Waals surface area contributed by atoms with Crippen molar-refractivity contribution in [2.24, 2.45) is 23.0 Å². The van der Waals surface area contributed by atoms with Crippen LogP contribution in [-0.2, 0) is 34.0 Å². The predicted octanol–water partition coefficient (Wildman–Crippen LogP) is 2.46. The molecule has 0 unspecified atom stereocenters. The van der Waals surface area contributed by atoms with Crippen LogP contribution in [0.1, 0.15) is 98.8 Å². The van der Waals surface area contributed by atoms with E-state index in [4.69, 9.17) is 5.73 Å². The number of hydrogen-bond donors (Lipinski definition) is 5. The normalized spacial score (nSPS) is 23.3. The fraction of sp³-hybridized carbons (Fsp3) is 0.714. The molecule has 52 heavy (non-hydrogen) atoms. The number of nitrogens with two attached hydrogens (primary N) is 1. The van der Waals surface area contributed by atoms with Gasteiger partial charge in [0.15, 0.2) is 0 Å². The van der Waals surface area contributed by atoms with Crippen LogP contribution < -0.4 is 27.0 Å². The SMILES string of the molecule is CC(C)[C@H]1CCN2C(=O)[C@@H](NC(=O)N[C@H](C(=O)N(C)S(=O)(=O)c3cccs3)C(C)(C)C)CCCCCCCCC[C@@H](C(=O)C(=O)NCN)NC(=O)[C@H]12. The molecule has 292 valence electrons. The van der Waals surface area contributed by atoms with Crippen LogP contribution in [0.15, 0.2) is 21.7 Å². The topological polar surface area (TPSA) is 217 Å². The van der Waals surface area contributed by atoms with Gasteiger partial charge in [0, 0.05) is 13.6 Å². The summed E-state index contributed by atoms with van der Waals surface area (Å²) in [6.07, 6.45) is 6.57. The molecule has 0 radical (unpaired) electrons. The summed E-state index contributed by atoms with van der Waals surface area (Å²) in [5, 5.41) is 12.1. The van der Waals surface area contributed by atoms with Gasteiger partial charge >= 0.3 is 6.03 Å². The molecule has 2 aliphatic rings. The summed E-state index contributed by atoms with van der Waals surface area (Å²) in [6.45, 7) is 8.97. The summed E-state index contributed by atoms with van der Waals surface area (Å²) >= 11 is 0.969. The predicted molar refractivity (Wildman–Crippen MR) is 197 cm³/mol. The van der Waals surface area contributed by atoms with E-state index >= 15 is 0 Å². The Bertz CT molecular complexity index is 1530. The summed E-state index contributed by atoms with van der Waals surface area (Å²) in [5.74, 6) is -3.83. The van der Waals surface area contributed by atoms with Crippen LogP contribution in [0, 0.1) is 17.3 Å². The molecule has 0 bridgehead atoms. The number of rotatable bonds is 9. The average molecular weight is 768 g/mol. The van der Waals surface area contributed by atoms with Crippen molar-refractivity contribution in [2.45, 2.75) is 127 Å². The molecule has 3 heterocycles. The minimum atomic E-state index is -4.17. The van der Waals surface area contributed by atoms with E-state index in [0.717, 1.165) is 50.5 Å². The van der Waals surface area contributed by atoms with Crippen molar-refractivity contribution in [2.75, 3.05) is 20.3 Å². The summed E-state index contributed by atoms with van der Waals surface area (Å²) in [6, 6.07) is -2.27. The van der Waals surface area contributed by atoms with E-state index in [1.807, 2.05) is 13.8 Å². The quantitative estimate of drug-likeness (QED) is 0.184. The second-order valence-electron chi connectivity index (χ2n) is 15.1. The molecule has 0 aliphatic carbocycles. The highest BCUT2D eigenvalue weighted by Crippen LogP contribution is 2.32. The van der Waals surface area contributed by atoms with Crippen molar-refractivity contribution in [3.8, 4) is 0 Å². The molecule has 0 spiro atoms. The molecule has 6 amide bonds. The zero-order valence-corrected chi connectivity index (χ0v) is 32.9. The maximum atomic E-state index is 14.4. The highest BCUT2D eigenvalue weighted by Gasteiger charge is 2.46. The lowest BCUT2D eigenvalue weighted by molar-refractivity contribution is -0.143. The molecule has 2 aliphatic heterocycles. The van der Waals surface area contributed by atoms with Crippen molar-refractivity contribution in [3.05, 3.63) is 17.5 Å². The number of urea groups is 1. The van der Waals surface area contributed by atoms with E-state index in [1.165, 1.54) is 11.0 Å². The Kier molecular flexibility index (Phi) is 15.6. The van der Waals surface area contributed by atoms with Crippen molar-refractivity contribution in [3.63, 3.8) is 0 Å². The molecule has 2 saturated heterocycles. The Hall–Kier alpha value is -3.57. The van der Waals surface area contributed by atoms with Crippen LogP contribution in [0.25, 0.3) is 0 Å². The highest BCUT2D eigenvalue weighted by atomic mass is 32.2. The van der Waals surface area contributed by atoms with E-state index in [2.05, 4.69) is 21.3 Å². The van der Waals surface area contributed by atoms with E-state index in [0.29, 0.717) is 23.6 Å². The Morgan fingerprint density at radius 3 is 2.19 bits per heavy atom. The number of Topliss-reactive ketones (excluding diaryl/α,β-unsaturated/α-hetero) is 1. The lowest BCUT2D eigenvalue weighted by atomic mass is 9.86. The van der Waals surface area contributed by atoms with Gasteiger partial charge in [-0.25, -0.2) is 17.5 Å². The van der Waals surface area contributed by atoms with Gasteiger partial charge in [-0.05, 0) is 48.0 Å². The number of thiophene rings is 1. The van der Waals surface area contributed by atoms with Crippen molar-refractivity contribution in [1.29, 1.82) is 0 Å². The maximum absolute atomic E-state index is 14.4. The highest BCUT2D eigenvalue weighted by molar-refractivity contribution is 7.91. The fourth-order valence-electron chi connectivity index (χ4n) is 6.82. The minimum absolute atomic E-state index is 0.00968. The molecule has 2 fully saturated rings. The minimum Gasteiger partial charge on any atom is -0.344 e. The average Bonchev–Trinajstić information content (AvgIpc) is 3.78. The third-order valence-corrected chi connectivity index (χ3v) is 13.0. The van der Waals surface area contributed by atoms with Gasteiger partial charge in [-0.15, -0.1) is 11.3 Å². The zero-order valence-electron chi connectivity index (χ0n) is 31.2. The fourth-order valence-corrected chi connectivity index (χ4v) is 9.12. The van der Waals surface area contributed by atoms with Crippen LogP contribution >= 0.6 is 11.3 Å². The first-order valence-electron chi connectivity index (χ1n) is 18.2. The smallest absolute Gasteiger partial charge is 0.316 e. The number of hydrogen-bond acceptors (Lipinski definition) is 10. The molecule has 0 aromatic carbocycles. The standard InChI is InChI=1S/C35H57N7O8S2/c1-22(2)23-18-19-42-27(23)30(44)38-24(28(43)31(45)37-21-36)15-12-10-8-7-9-11-13-16-25(32(42)46)39-34(48)40-29(35(3,4)5)33(47)41(6)52(49,50)26-17-14-20-51-26/h14,17,20,22-25,27,29H,7-13,15-16,18-19,21,36H2,1-6H3,(H,37,45)(H,38,44)(H2,39,40,48)/t23-,24+,25+,27+,29-/m1/s1. The van der Waals surface area contributed by atoms with Crippen LogP contribution in [-0.4, -0.2) is 97.5 Å². The van der Waals surface area contributed by atoms with Gasteiger partial charge < -0.3 is 31.9 Å². The number of carbonyl (C=O) groups is 6. The van der Waals surface area contributed by atoms with Crippen LogP contribution in [0.4, 0.5) is 4.79 Å². The summed E-state index contributed by atoms with van der Waals surface area (Å²) in [7, 11) is -3.02. The largest absolute Gasteiger partial charge is 0.344 e. The Morgan fingerprint density at radius 2 is 1.63 bits per heavy atom. The monoisotopic (exact) mass is 767 g/mol. The summed E-state index contributed by atoms with van der Waals surface area (Å²) in [4.78, 5) is 82.8. The Labute approximate surface area is 311 Å². The van der Waals surface area contributed by atoms with E-state index in [-0.39, 0.29) is 42.1 Å². The van der Waals surface area contributed by atoms with Crippen LogP contribution in [0.2, 0.25) is 0 Å². The van der Waals surface area contributed by atoms with Gasteiger partial charge in [-0.1, -0.05) is 85.6 Å². The summed E-state index contributed by atoms with van der Waals surface area (Å²) < 4.78 is 27.0. The second-order valence-corrected chi connectivity index (χ2v) is 18.2. The molecule has 17 heteroatoms. The number of likely N-dealkylation sites (N-methyl/N-ethyl adjacent to an activating group) is 1. The molecule has 15 nitrogen and oxygen atoms in total. The number of sulfonamides is 1. The van der Waals surface area contributed by atoms with E-state index in [9.17, 15) is 37.2 Å². The van der Waals surface area contributed by atoms with Gasteiger partial charge in [0.25, 0.3) is 21.8 Å². The van der Waals surface area contributed by atoms with Crippen molar-refractivity contribution in [1.82, 2.24) is 30.5 Å². The molecule has 1 aromatic heterocycles. The first-order chi connectivity index (χ1) is 24.4. The molecule has 6 N–H and O–H groups in total.